The third kappa shape index (κ3) is 2.46. The van der Waals surface area contributed by atoms with E-state index in [0.717, 1.165) is 6.04 Å². The molecule has 2 saturated heterocycles. The summed E-state index contributed by atoms with van der Waals surface area (Å²) in [5.41, 5.74) is 0. The molecule has 3 nitrogen and oxygen atoms in total. The molecule has 1 aromatic rings. The summed E-state index contributed by atoms with van der Waals surface area (Å²) in [7, 11) is 0. The monoisotopic (exact) mass is 265 g/mol. The standard InChI is InChI=1S/C14H23N3S/c1-11-9-15-14(18-11)12(2)17-8-4-7-16-6-3-5-13(16)10-17/h9,12-13H,3-8,10H2,1-2H3. The number of aromatic nitrogens is 1. The maximum absolute atomic E-state index is 4.57. The molecule has 0 aromatic carbocycles. The van der Waals surface area contributed by atoms with Crippen LogP contribution in [-0.4, -0.2) is 47.0 Å². The van der Waals surface area contributed by atoms with Crippen LogP contribution in [0.5, 0.6) is 0 Å². The largest absolute Gasteiger partial charge is 0.299 e. The van der Waals surface area contributed by atoms with Crippen LogP contribution in [0.15, 0.2) is 6.20 Å². The van der Waals surface area contributed by atoms with Crippen molar-refractivity contribution in [2.75, 3.05) is 26.2 Å². The Kier molecular flexibility index (Phi) is 3.68. The molecule has 0 N–H and O–H groups in total. The van der Waals surface area contributed by atoms with E-state index in [0.29, 0.717) is 6.04 Å². The first-order valence-electron chi connectivity index (χ1n) is 7.14. The zero-order chi connectivity index (χ0) is 12.5. The van der Waals surface area contributed by atoms with E-state index in [2.05, 4.69) is 28.6 Å². The van der Waals surface area contributed by atoms with E-state index in [9.17, 15) is 0 Å². The quantitative estimate of drug-likeness (QED) is 0.819. The number of nitrogens with zero attached hydrogens (tertiary/aromatic N) is 3. The van der Waals surface area contributed by atoms with Crippen molar-refractivity contribution in [3.63, 3.8) is 0 Å². The van der Waals surface area contributed by atoms with Crippen molar-refractivity contribution in [3.05, 3.63) is 16.1 Å². The van der Waals surface area contributed by atoms with E-state index >= 15 is 0 Å². The first-order valence-corrected chi connectivity index (χ1v) is 7.96. The maximum atomic E-state index is 4.57. The minimum absolute atomic E-state index is 0.490. The Hall–Kier alpha value is -0.450. The zero-order valence-electron chi connectivity index (χ0n) is 11.4. The summed E-state index contributed by atoms with van der Waals surface area (Å²) in [5.74, 6) is 0. The highest BCUT2D eigenvalue weighted by atomic mass is 32.1. The fourth-order valence-electron chi connectivity index (χ4n) is 3.31. The summed E-state index contributed by atoms with van der Waals surface area (Å²) in [5, 5.41) is 1.29. The van der Waals surface area contributed by atoms with Gasteiger partial charge in [-0.2, -0.15) is 0 Å². The summed E-state index contributed by atoms with van der Waals surface area (Å²) in [6, 6.07) is 1.29. The van der Waals surface area contributed by atoms with Crippen LogP contribution in [-0.2, 0) is 0 Å². The van der Waals surface area contributed by atoms with Gasteiger partial charge in [0, 0.05) is 30.2 Å². The van der Waals surface area contributed by atoms with Crippen LogP contribution in [0.1, 0.15) is 42.1 Å². The Labute approximate surface area is 114 Å². The van der Waals surface area contributed by atoms with Crippen LogP contribution >= 0.6 is 11.3 Å². The Morgan fingerprint density at radius 3 is 2.94 bits per heavy atom. The van der Waals surface area contributed by atoms with Crippen LogP contribution in [0.3, 0.4) is 0 Å². The number of rotatable bonds is 2. The van der Waals surface area contributed by atoms with Gasteiger partial charge in [-0.25, -0.2) is 4.98 Å². The molecule has 2 unspecified atom stereocenters. The number of fused-ring (bicyclic) bond motifs is 1. The van der Waals surface area contributed by atoms with E-state index in [1.54, 1.807) is 0 Å². The van der Waals surface area contributed by atoms with Crippen molar-refractivity contribution >= 4 is 11.3 Å². The predicted molar refractivity (Wildman–Crippen MR) is 76.1 cm³/mol. The Balaban J connectivity index is 1.71. The number of aryl methyl sites for hydroxylation is 1. The molecular formula is C14H23N3S. The lowest BCUT2D eigenvalue weighted by Gasteiger charge is -2.29. The Bertz CT molecular complexity index is 403. The van der Waals surface area contributed by atoms with Gasteiger partial charge >= 0.3 is 0 Å². The molecule has 0 bridgehead atoms. The molecule has 0 saturated carbocycles. The molecule has 2 atom stereocenters. The lowest BCUT2D eigenvalue weighted by molar-refractivity contribution is 0.182. The lowest BCUT2D eigenvalue weighted by Crippen LogP contribution is -2.37. The van der Waals surface area contributed by atoms with Crippen molar-refractivity contribution in [3.8, 4) is 0 Å². The van der Waals surface area contributed by atoms with Crippen LogP contribution < -0.4 is 0 Å². The first kappa shape index (κ1) is 12.6. The third-order valence-electron chi connectivity index (χ3n) is 4.38. The SMILES string of the molecule is Cc1cnc(C(C)N2CCCN3CCCC3C2)s1. The topological polar surface area (TPSA) is 19.4 Å². The number of hydrogen-bond donors (Lipinski definition) is 0. The molecule has 2 aliphatic heterocycles. The minimum atomic E-state index is 0.490. The molecule has 3 rings (SSSR count). The van der Waals surface area contributed by atoms with Crippen LogP contribution in [0.25, 0.3) is 0 Å². The van der Waals surface area contributed by atoms with Gasteiger partial charge in [0.1, 0.15) is 5.01 Å². The molecule has 2 fully saturated rings. The fraction of sp³-hybridized carbons (Fsp3) is 0.786. The first-order chi connectivity index (χ1) is 8.74. The molecule has 0 radical (unpaired) electrons. The van der Waals surface area contributed by atoms with Crippen molar-refractivity contribution in [1.29, 1.82) is 0 Å². The highest BCUT2D eigenvalue weighted by molar-refractivity contribution is 7.11. The predicted octanol–water partition coefficient (Wildman–Crippen LogP) is 2.68. The van der Waals surface area contributed by atoms with Crippen LogP contribution in [0.4, 0.5) is 0 Å². The highest BCUT2D eigenvalue weighted by Crippen LogP contribution is 2.29. The van der Waals surface area contributed by atoms with E-state index in [1.807, 2.05) is 17.5 Å². The summed E-state index contributed by atoms with van der Waals surface area (Å²) < 4.78 is 0. The van der Waals surface area contributed by atoms with Gasteiger partial charge in [0.2, 0.25) is 0 Å². The van der Waals surface area contributed by atoms with Crippen molar-refractivity contribution in [1.82, 2.24) is 14.8 Å². The molecule has 1 aromatic heterocycles. The average molecular weight is 265 g/mol. The normalized spacial score (nSPS) is 28.0. The molecule has 100 valence electrons. The molecule has 18 heavy (non-hydrogen) atoms. The average Bonchev–Trinajstić information content (AvgIpc) is 2.93. The zero-order valence-corrected chi connectivity index (χ0v) is 12.2. The highest BCUT2D eigenvalue weighted by Gasteiger charge is 2.31. The van der Waals surface area contributed by atoms with E-state index < -0.39 is 0 Å². The van der Waals surface area contributed by atoms with Gasteiger partial charge in [-0.05, 0) is 46.2 Å². The van der Waals surface area contributed by atoms with E-state index in [-0.39, 0.29) is 0 Å². The molecule has 2 aliphatic rings. The van der Waals surface area contributed by atoms with Crippen LogP contribution in [0, 0.1) is 6.92 Å². The second-order valence-electron chi connectivity index (χ2n) is 5.67. The molecule has 4 heteroatoms. The lowest BCUT2D eigenvalue weighted by atomic mass is 10.2. The summed E-state index contributed by atoms with van der Waals surface area (Å²) in [4.78, 5) is 11.2. The molecule has 3 heterocycles. The van der Waals surface area contributed by atoms with E-state index in [4.69, 9.17) is 0 Å². The van der Waals surface area contributed by atoms with Crippen molar-refractivity contribution in [2.45, 2.75) is 45.2 Å². The van der Waals surface area contributed by atoms with Crippen molar-refractivity contribution < 1.29 is 0 Å². The summed E-state index contributed by atoms with van der Waals surface area (Å²) in [6.07, 6.45) is 6.10. The van der Waals surface area contributed by atoms with Gasteiger partial charge in [0.25, 0.3) is 0 Å². The van der Waals surface area contributed by atoms with Crippen molar-refractivity contribution in [2.24, 2.45) is 0 Å². The summed E-state index contributed by atoms with van der Waals surface area (Å²) >= 11 is 1.86. The van der Waals surface area contributed by atoms with Gasteiger partial charge in [-0.15, -0.1) is 11.3 Å². The fourth-order valence-corrected chi connectivity index (χ4v) is 4.17. The molecule has 0 spiro atoms. The number of thiazole rings is 1. The van der Waals surface area contributed by atoms with Gasteiger partial charge in [0.05, 0.1) is 6.04 Å². The van der Waals surface area contributed by atoms with Gasteiger partial charge in [-0.1, -0.05) is 0 Å². The van der Waals surface area contributed by atoms with Crippen LogP contribution in [0.2, 0.25) is 0 Å². The van der Waals surface area contributed by atoms with Gasteiger partial charge in [0.15, 0.2) is 0 Å². The minimum Gasteiger partial charge on any atom is -0.299 e. The second-order valence-corrected chi connectivity index (χ2v) is 6.93. The van der Waals surface area contributed by atoms with E-state index in [1.165, 1.54) is 55.3 Å². The second kappa shape index (κ2) is 5.27. The number of hydrogen-bond acceptors (Lipinski definition) is 4. The third-order valence-corrected chi connectivity index (χ3v) is 5.46. The Morgan fingerprint density at radius 1 is 1.33 bits per heavy atom. The maximum Gasteiger partial charge on any atom is 0.110 e. The smallest absolute Gasteiger partial charge is 0.110 e. The molecule has 0 amide bonds. The van der Waals surface area contributed by atoms with Gasteiger partial charge < -0.3 is 0 Å². The Morgan fingerprint density at radius 2 is 2.17 bits per heavy atom. The summed E-state index contributed by atoms with van der Waals surface area (Å²) in [6.45, 7) is 9.55. The molecular weight excluding hydrogens is 242 g/mol. The van der Waals surface area contributed by atoms with Gasteiger partial charge in [-0.3, -0.25) is 9.80 Å². The molecule has 0 aliphatic carbocycles.